The van der Waals surface area contributed by atoms with E-state index in [1.54, 1.807) is 0 Å². The molecule has 0 unspecified atom stereocenters. The highest BCUT2D eigenvalue weighted by Crippen LogP contribution is 2.52. The van der Waals surface area contributed by atoms with E-state index in [1.807, 2.05) is 45.3 Å². The standard InChI is InChI=1S/C62H53BN2S4/c1-60(2,3)40-22-28-51-45(32-40)55-58(68-51)64(43-24-18-36(19-25-43)53-30-38-14-10-12-16-49(38)66-53)47-34-42(62(7,8)9)35-48-57(47)63(55)56-46-33-41(61(4,5)6)23-29-52(46)69-59(56)65(48)44-26-20-37(21-27-44)54-31-39-15-11-13-17-50(39)67-54/h10-35H,1-9H3. The minimum Gasteiger partial charge on any atom is -0.303 e. The van der Waals surface area contributed by atoms with Crippen molar-refractivity contribution >= 4 is 142 Å². The van der Waals surface area contributed by atoms with Gasteiger partial charge in [0.15, 0.2) is 0 Å². The maximum atomic E-state index is 2.64. The summed E-state index contributed by atoms with van der Waals surface area (Å²) in [7, 11) is 0. The van der Waals surface area contributed by atoms with Gasteiger partial charge in [0.25, 0.3) is 6.71 Å². The highest BCUT2D eigenvalue weighted by Gasteiger charge is 2.48. The van der Waals surface area contributed by atoms with Crippen molar-refractivity contribution in [1.29, 1.82) is 0 Å². The zero-order chi connectivity index (χ0) is 47.3. The molecule has 0 radical (unpaired) electrons. The topological polar surface area (TPSA) is 6.48 Å². The predicted molar refractivity (Wildman–Crippen MR) is 309 cm³/mol. The van der Waals surface area contributed by atoms with Gasteiger partial charge in [-0.2, -0.15) is 0 Å². The molecule has 2 aliphatic rings. The minimum atomic E-state index is -0.113. The molecule has 0 saturated heterocycles. The first-order chi connectivity index (χ1) is 33.1. The summed E-state index contributed by atoms with van der Waals surface area (Å²) in [6.45, 7) is 21.2. The van der Waals surface area contributed by atoms with Crippen LogP contribution in [-0.2, 0) is 16.2 Å². The molecule has 0 saturated carbocycles. The number of rotatable bonds is 4. The summed E-state index contributed by atoms with van der Waals surface area (Å²) in [4.78, 5) is 7.87. The Kier molecular flexibility index (Phi) is 9.54. The molecule has 2 aliphatic heterocycles. The zero-order valence-corrected chi connectivity index (χ0v) is 43.9. The monoisotopic (exact) mass is 964 g/mol. The lowest BCUT2D eigenvalue weighted by Crippen LogP contribution is -2.60. The zero-order valence-electron chi connectivity index (χ0n) is 40.6. The highest BCUT2D eigenvalue weighted by atomic mass is 32.1. The van der Waals surface area contributed by atoms with Crippen LogP contribution in [0.4, 0.5) is 32.8 Å². The summed E-state index contributed by atoms with van der Waals surface area (Å²) in [6, 6.07) is 60.8. The second-order valence-corrected chi connectivity index (χ2v) is 26.5. The number of nitrogens with zero attached hydrogens (tertiary/aromatic N) is 2. The maximum absolute atomic E-state index is 2.64. The smallest absolute Gasteiger partial charge is 0.256 e. The van der Waals surface area contributed by atoms with Crippen LogP contribution in [-0.4, -0.2) is 6.71 Å². The van der Waals surface area contributed by atoms with Crippen LogP contribution >= 0.6 is 45.3 Å². The van der Waals surface area contributed by atoms with Gasteiger partial charge in [0.05, 0.1) is 10.0 Å². The molecule has 0 atom stereocenters. The second kappa shape index (κ2) is 15.3. The van der Waals surface area contributed by atoms with Gasteiger partial charge in [0.2, 0.25) is 0 Å². The molecule has 13 rings (SSSR count). The SMILES string of the molecule is CC(C)(C)c1cc2c3c(c1)N(c1ccc(-c4cc5ccccc5s4)cc1)c1sc4ccc(C(C)(C)C)cc4c1B3c1c(sc3ccc(C(C)(C)C)cc13)N2c1ccc(-c2cc3ccccc3s2)cc1. The number of hydrogen-bond acceptors (Lipinski definition) is 6. The third kappa shape index (κ3) is 6.90. The van der Waals surface area contributed by atoms with E-state index < -0.39 is 0 Å². The first kappa shape index (κ1) is 43.1. The molecule has 0 amide bonds. The Bertz CT molecular complexity index is 3550. The molecule has 7 aromatic carbocycles. The summed E-state index contributed by atoms with van der Waals surface area (Å²) in [6.07, 6.45) is 0. The van der Waals surface area contributed by atoms with Crippen molar-refractivity contribution in [3.8, 4) is 20.9 Å². The Labute approximate surface area is 422 Å². The van der Waals surface area contributed by atoms with Crippen LogP contribution in [0.2, 0.25) is 0 Å². The molecule has 4 aromatic heterocycles. The van der Waals surface area contributed by atoms with Crippen LogP contribution < -0.4 is 26.2 Å². The van der Waals surface area contributed by atoms with Crippen molar-refractivity contribution in [1.82, 2.24) is 0 Å². The summed E-state index contributed by atoms with van der Waals surface area (Å²) >= 11 is 7.66. The van der Waals surface area contributed by atoms with Crippen LogP contribution in [0.5, 0.6) is 0 Å². The Morgan fingerprint density at radius 1 is 0.362 bits per heavy atom. The van der Waals surface area contributed by atoms with Crippen LogP contribution in [0, 0.1) is 0 Å². The number of anilines is 6. The van der Waals surface area contributed by atoms with Crippen molar-refractivity contribution in [3.05, 3.63) is 174 Å². The Balaban J connectivity index is 1.10. The van der Waals surface area contributed by atoms with Crippen LogP contribution in [0.25, 0.3) is 61.2 Å². The normalized spacial score (nSPS) is 13.8. The fraction of sp³-hybridized carbons (Fsp3) is 0.194. The molecular formula is C62H53BN2S4. The number of hydrogen-bond donors (Lipinski definition) is 0. The van der Waals surface area contributed by atoms with Gasteiger partial charge in [0, 0.05) is 51.3 Å². The van der Waals surface area contributed by atoms with Gasteiger partial charge in [-0.15, -0.1) is 45.3 Å². The van der Waals surface area contributed by atoms with Crippen molar-refractivity contribution in [2.24, 2.45) is 0 Å². The lowest BCUT2D eigenvalue weighted by atomic mass is 9.33. The fourth-order valence-electron chi connectivity index (χ4n) is 10.7. The molecule has 69 heavy (non-hydrogen) atoms. The van der Waals surface area contributed by atoms with E-state index in [0.29, 0.717) is 0 Å². The average Bonchev–Trinajstić information content (AvgIpc) is 4.13. The number of benzene rings is 7. The van der Waals surface area contributed by atoms with Gasteiger partial charge >= 0.3 is 0 Å². The highest BCUT2D eigenvalue weighted by molar-refractivity contribution is 7.29. The van der Waals surface area contributed by atoms with Crippen molar-refractivity contribution in [2.75, 3.05) is 9.80 Å². The number of thiophene rings is 4. The summed E-state index contributed by atoms with van der Waals surface area (Å²) < 4.78 is 5.31. The van der Waals surface area contributed by atoms with E-state index in [0.717, 1.165) is 0 Å². The lowest BCUT2D eigenvalue weighted by molar-refractivity contribution is 0.590. The second-order valence-electron chi connectivity index (χ2n) is 22.2. The summed E-state index contributed by atoms with van der Waals surface area (Å²) in [5, 5.41) is 7.97. The van der Waals surface area contributed by atoms with E-state index in [9.17, 15) is 0 Å². The van der Waals surface area contributed by atoms with E-state index >= 15 is 0 Å². The number of fused-ring (bicyclic) bond motifs is 10. The van der Waals surface area contributed by atoms with Gasteiger partial charge in [0.1, 0.15) is 0 Å². The third-order valence-corrected chi connectivity index (χ3v) is 19.2. The molecule has 0 N–H and O–H groups in total. The quantitative estimate of drug-likeness (QED) is 0.162. The molecule has 2 nitrogen and oxygen atoms in total. The molecule has 0 aliphatic carbocycles. The molecular weight excluding hydrogens is 912 g/mol. The van der Waals surface area contributed by atoms with Crippen molar-refractivity contribution in [3.63, 3.8) is 0 Å². The van der Waals surface area contributed by atoms with Gasteiger partial charge in [-0.25, -0.2) is 0 Å². The molecule has 0 fully saturated rings. The fourth-order valence-corrected chi connectivity index (χ4v) is 15.4. The van der Waals surface area contributed by atoms with Crippen LogP contribution in [0.1, 0.15) is 79.0 Å². The first-order valence-corrected chi connectivity index (χ1v) is 27.4. The third-order valence-electron chi connectivity index (χ3n) is 14.6. The molecule has 11 aromatic rings. The Hall–Kier alpha value is -5.96. The van der Waals surface area contributed by atoms with Gasteiger partial charge in [-0.1, -0.05) is 147 Å². The molecule has 338 valence electrons. The first-order valence-electron chi connectivity index (χ1n) is 24.2. The van der Waals surface area contributed by atoms with Crippen molar-refractivity contribution < 1.29 is 0 Å². The van der Waals surface area contributed by atoms with Crippen molar-refractivity contribution in [2.45, 2.75) is 78.6 Å². The van der Waals surface area contributed by atoms with Crippen LogP contribution in [0.3, 0.4) is 0 Å². The average molecular weight is 965 g/mol. The van der Waals surface area contributed by atoms with Crippen LogP contribution in [0.15, 0.2) is 158 Å². The maximum Gasteiger partial charge on any atom is 0.256 e. The summed E-state index contributed by atoms with van der Waals surface area (Å²) in [5.41, 5.74) is 15.6. The lowest BCUT2D eigenvalue weighted by Gasteiger charge is -2.43. The summed E-state index contributed by atoms with van der Waals surface area (Å²) in [5.74, 6) is 0. The van der Waals surface area contributed by atoms with Gasteiger partial charge in [-0.3, -0.25) is 0 Å². The molecule has 6 heterocycles. The molecule has 7 heteroatoms. The minimum absolute atomic E-state index is 0.00230. The Morgan fingerprint density at radius 2 is 0.768 bits per heavy atom. The molecule has 0 bridgehead atoms. The van der Waals surface area contributed by atoms with E-state index in [-0.39, 0.29) is 23.0 Å². The van der Waals surface area contributed by atoms with Gasteiger partial charge < -0.3 is 9.80 Å². The van der Waals surface area contributed by atoms with Gasteiger partial charge in [-0.05, 0) is 155 Å². The molecule has 0 spiro atoms. The van der Waals surface area contributed by atoms with E-state index in [4.69, 9.17) is 0 Å². The van der Waals surface area contributed by atoms with E-state index in [1.165, 1.54) is 127 Å². The largest absolute Gasteiger partial charge is 0.303 e. The predicted octanol–water partition coefficient (Wildman–Crippen LogP) is 17.9. The Morgan fingerprint density at radius 3 is 1.16 bits per heavy atom. The van der Waals surface area contributed by atoms with E-state index in [2.05, 4.69) is 230 Å².